The molecule has 116 valence electrons. The molecule has 1 saturated heterocycles. The van der Waals surface area contributed by atoms with Gasteiger partial charge in [0.05, 0.1) is 6.54 Å². The molecule has 0 aliphatic carbocycles. The molecule has 1 aromatic carbocycles. The number of rotatable bonds is 2. The van der Waals surface area contributed by atoms with Gasteiger partial charge in [0, 0.05) is 30.3 Å². The number of hydrogen-bond acceptors (Lipinski definition) is 5. The molecule has 1 aromatic rings. The average Bonchev–Trinajstić information content (AvgIpc) is 2.83. The van der Waals surface area contributed by atoms with E-state index in [0.717, 1.165) is 4.90 Å². The summed E-state index contributed by atoms with van der Waals surface area (Å²) in [6.45, 7) is -0.115. The maximum Gasteiger partial charge on any atom is 0.285 e. The van der Waals surface area contributed by atoms with Crippen LogP contribution in [-0.2, 0) is 16.1 Å². The van der Waals surface area contributed by atoms with Crippen molar-refractivity contribution in [2.45, 2.75) is 24.9 Å². The van der Waals surface area contributed by atoms with E-state index in [1.165, 1.54) is 0 Å². The Morgan fingerprint density at radius 1 is 1.41 bits per heavy atom. The molecular weight excluding hydrogens is 293 g/mol. The van der Waals surface area contributed by atoms with Crippen LogP contribution in [0.2, 0.25) is 0 Å². The van der Waals surface area contributed by atoms with Gasteiger partial charge in [-0.1, -0.05) is 6.07 Å². The summed E-state index contributed by atoms with van der Waals surface area (Å²) in [4.78, 5) is 36.3. The van der Waals surface area contributed by atoms with E-state index in [2.05, 4.69) is 5.32 Å². The van der Waals surface area contributed by atoms with Gasteiger partial charge in [0.1, 0.15) is 6.10 Å². The minimum Gasteiger partial charge on any atom is -0.388 e. The number of aliphatic hydroxyl groups is 1. The lowest BCUT2D eigenvalue weighted by Gasteiger charge is -2.37. The summed E-state index contributed by atoms with van der Waals surface area (Å²) >= 11 is 0. The highest BCUT2D eigenvalue weighted by Gasteiger charge is 2.55. The lowest BCUT2D eigenvalue weighted by Crippen LogP contribution is -2.64. The minimum atomic E-state index is -2.76. The van der Waals surface area contributed by atoms with E-state index < -0.39 is 36.0 Å². The molecule has 2 aliphatic rings. The molecule has 2 heterocycles. The number of aliphatic hydroxyl groups excluding tert-OH is 1. The molecular formula is C14H14FN3O4. The van der Waals surface area contributed by atoms with Crippen LogP contribution in [0, 0.1) is 0 Å². The molecule has 0 spiro atoms. The van der Waals surface area contributed by atoms with Gasteiger partial charge in [0.15, 0.2) is 0 Å². The number of nitrogens with one attached hydrogen (secondary N) is 2. The number of nitrogens with zero attached hydrogens (tertiary/aromatic N) is 1. The number of benzene rings is 1. The van der Waals surface area contributed by atoms with E-state index in [1.807, 2.05) is 0 Å². The Balaban J connectivity index is 1.99. The second kappa shape index (κ2) is 4.77. The van der Waals surface area contributed by atoms with Crippen LogP contribution in [0.4, 0.5) is 10.1 Å². The van der Waals surface area contributed by atoms with Gasteiger partial charge in [-0.15, -0.1) is 0 Å². The second-order valence-electron chi connectivity index (χ2n) is 5.27. The van der Waals surface area contributed by atoms with Crippen LogP contribution < -0.4 is 10.6 Å². The standard InChI is InChI=1S/C14H14FN3O4/c1-16-9-4-2-3-7-8(9)6-18(12(7)21)14(15)5-10(19)11(20)17-13(14)22/h2-4,10,16,19H,5-6H2,1H3,(H,17,20,22). The van der Waals surface area contributed by atoms with E-state index in [0.29, 0.717) is 16.8 Å². The Bertz CT molecular complexity index is 693. The monoisotopic (exact) mass is 307 g/mol. The number of halogens is 1. The van der Waals surface area contributed by atoms with Gasteiger partial charge in [0.25, 0.3) is 23.5 Å². The van der Waals surface area contributed by atoms with Gasteiger partial charge in [-0.3, -0.25) is 24.6 Å². The van der Waals surface area contributed by atoms with Crippen LogP contribution >= 0.6 is 0 Å². The topological polar surface area (TPSA) is 98.7 Å². The zero-order valence-corrected chi connectivity index (χ0v) is 11.7. The molecule has 3 rings (SSSR count). The Morgan fingerprint density at radius 3 is 2.82 bits per heavy atom. The normalized spacial score (nSPS) is 27.7. The first-order valence-electron chi connectivity index (χ1n) is 6.72. The molecule has 0 bridgehead atoms. The number of alkyl halides is 1. The number of anilines is 1. The van der Waals surface area contributed by atoms with Crippen molar-refractivity contribution in [3.8, 4) is 0 Å². The molecule has 3 N–H and O–H groups in total. The SMILES string of the molecule is CNc1cccc2c1CN(C1(F)CC(O)C(=O)NC1=O)C2=O. The van der Waals surface area contributed by atoms with Crippen LogP contribution in [0.3, 0.4) is 0 Å². The summed E-state index contributed by atoms with van der Waals surface area (Å²) in [7, 11) is 1.67. The summed E-state index contributed by atoms with van der Waals surface area (Å²) in [5, 5.41) is 14.2. The fourth-order valence-corrected chi connectivity index (χ4v) is 2.82. The molecule has 0 saturated carbocycles. The average molecular weight is 307 g/mol. The van der Waals surface area contributed by atoms with Gasteiger partial charge in [-0.25, -0.2) is 4.39 Å². The first kappa shape index (κ1) is 14.5. The van der Waals surface area contributed by atoms with Crippen molar-refractivity contribution < 1.29 is 23.9 Å². The van der Waals surface area contributed by atoms with Gasteiger partial charge < -0.3 is 10.4 Å². The summed E-state index contributed by atoms with van der Waals surface area (Å²) in [6, 6.07) is 4.93. The van der Waals surface area contributed by atoms with Crippen molar-refractivity contribution in [2.24, 2.45) is 0 Å². The van der Waals surface area contributed by atoms with Crippen molar-refractivity contribution in [1.82, 2.24) is 10.2 Å². The first-order valence-corrected chi connectivity index (χ1v) is 6.72. The number of piperidine rings is 1. The number of imide groups is 1. The van der Waals surface area contributed by atoms with Crippen LogP contribution in [0.1, 0.15) is 22.3 Å². The second-order valence-corrected chi connectivity index (χ2v) is 5.27. The third kappa shape index (κ3) is 1.87. The van der Waals surface area contributed by atoms with Crippen LogP contribution in [0.25, 0.3) is 0 Å². The zero-order valence-electron chi connectivity index (χ0n) is 11.7. The predicted molar refractivity (Wildman–Crippen MR) is 73.5 cm³/mol. The van der Waals surface area contributed by atoms with Crippen LogP contribution in [0.15, 0.2) is 18.2 Å². The molecule has 0 aromatic heterocycles. The van der Waals surface area contributed by atoms with Crippen LogP contribution in [-0.4, -0.2) is 46.7 Å². The highest BCUT2D eigenvalue weighted by molar-refractivity contribution is 6.08. The van der Waals surface area contributed by atoms with Crippen molar-refractivity contribution in [1.29, 1.82) is 0 Å². The summed E-state index contributed by atoms with van der Waals surface area (Å²) in [6.07, 6.45) is -2.45. The summed E-state index contributed by atoms with van der Waals surface area (Å²) in [5.41, 5.74) is 1.53. The molecule has 1 fully saturated rings. The summed E-state index contributed by atoms with van der Waals surface area (Å²) in [5.74, 6) is -5.59. The Morgan fingerprint density at radius 2 is 2.14 bits per heavy atom. The van der Waals surface area contributed by atoms with Gasteiger partial charge >= 0.3 is 0 Å². The molecule has 2 aliphatic heterocycles. The molecule has 2 atom stereocenters. The first-order chi connectivity index (χ1) is 10.4. The van der Waals surface area contributed by atoms with E-state index in [9.17, 15) is 19.5 Å². The predicted octanol–water partition coefficient (Wildman–Crippen LogP) is -0.243. The maximum atomic E-state index is 15.1. The van der Waals surface area contributed by atoms with E-state index >= 15 is 4.39 Å². The molecule has 22 heavy (non-hydrogen) atoms. The van der Waals surface area contributed by atoms with Gasteiger partial charge in [0.2, 0.25) is 0 Å². The maximum absolute atomic E-state index is 15.1. The quantitative estimate of drug-likeness (QED) is 0.517. The number of carbonyl (C=O) groups excluding carboxylic acids is 3. The minimum absolute atomic E-state index is 0.115. The van der Waals surface area contributed by atoms with Gasteiger partial charge in [-0.05, 0) is 12.1 Å². The van der Waals surface area contributed by atoms with Crippen LogP contribution in [0.5, 0.6) is 0 Å². The van der Waals surface area contributed by atoms with Gasteiger partial charge in [-0.2, -0.15) is 0 Å². The smallest absolute Gasteiger partial charge is 0.285 e. The van der Waals surface area contributed by atoms with E-state index in [4.69, 9.17) is 0 Å². The molecule has 0 radical (unpaired) electrons. The van der Waals surface area contributed by atoms with Crippen molar-refractivity contribution in [3.63, 3.8) is 0 Å². The fraction of sp³-hybridized carbons (Fsp3) is 0.357. The number of amides is 3. The Hall–Kier alpha value is -2.48. The van der Waals surface area contributed by atoms with Crippen molar-refractivity contribution in [2.75, 3.05) is 12.4 Å². The molecule has 3 amide bonds. The highest BCUT2D eigenvalue weighted by atomic mass is 19.1. The number of carbonyl (C=O) groups is 3. The Kier molecular flexibility index (Phi) is 3.13. The summed E-state index contributed by atoms with van der Waals surface area (Å²) < 4.78 is 15.1. The molecule has 2 unspecified atom stereocenters. The fourth-order valence-electron chi connectivity index (χ4n) is 2.82. The lowest BCUT2D eigenvalue weighted by molar-refractivity contribution is -0.163. The number of hydrogen-bond donors (Lipinski definition) is 3. The largest absolute Gasteiger partial charge is 0.388 e. The Labute approximate surface area is 125 Å². The molecule has 8 heteroatoms. The number of fused-ring (bicyclic) bond motifs is 1. The van der Waals surface area contributed by atoms with E-state index in [1.54, 1.807) is 30.6 Å². The van der Waals surface area contributed by atoms with Crippen molar-refractivity contribution in [3.05, 3.63) is 29.3 Å². The molecule has 7 nitrogen and oxygen atoms in total. The third-order valence-electron chi connectivity index (χ3n) is 4.02. The zero-order chi connectivity index (χ0) is 16.1. The highest BCUT2D eigenvalue weighted by Crippen LogP contribution is 2.37. The lowest BCUT2D eigenvalue weighted by atomic mass is 9.99. The van der Waals surface area contributed by atoms with E-state index in [-0.39, 0.29) is 6.54 Å². The third-order valence-corrected chi connectivity index (χ3v) is 4.02. The van der Waals surface area contributed by atoms with Crippen molar-refractivity contribution >= 4 is 23.4 Å².